The lowest BCUT2D eigenvalue weighted by Crippen LogP contribution is -2.08. The Morgan fingerprint density at radius 1 is 0.757 bits per heavy atom. The quantitative estimate of drug-likeness (QED) is 0.0837. The van der Waals surface area contributed by atoms with Gasteiger partial charge in [-0.3, -0.25) is 4.99 Å². The molecule has 2 rings (SSSR count). The number of aliphatic imine (C=N–C) groups is 1. The topological polar surface area (TPSA) is 68.1 Å². The lowest BCUT2D eigenvalue weighted by Gasteiger charge is -2.08. The van der Waals surface area contributed by atoms with Crippen LogP contribution in [0.5, 0.6) is 17.2 Å². The van der Waals surface area contributed by atoms with Crippen LogP contribution in [0.1, 0.15) is 120 Å². The van der Waals surface area contributed by atoms with E-state index >= 15 is 0 Å². The lowest BCUT2D eigenvalue weighted by molar-refractivity contribution is 0.0734. The predicted molar refractivity (Wildman–Crippen MR) is 153 cm³/mol. The Morgan fingerprint density at radius 3 is 1.95 bits per heavy atom. The smallest absolute Gasteiger partial charge is 0.343 e. The van der Waals surface area contributed by atoms with Crippen LogP contribution in [-0.2, 0) is 0 Å². The minimum Gasteiger partial charge on any atom is -0.507 e. The van der Waals surface area contributed by atoms with Crippen LogP contribution in [0.15, 0.2) is 47.5 Å². The van der Waals surface area contributed by atoms with Crippen LogP contribution in [0.25, 0.3) is 0 Å². The minimum absolute atomic E-state index is 0.0432. The summed E-state index contributed by atoms with van der Waals surface area (Å²) in [5, 5.41) is 10.3. The number of carbonyl (C=O) groups is 1. The number of carbonyl (C=O) groups excluding carboxylic acids is 1. The summed E-state index contributed by atoms with van der Waals surface area (Å²) in [5.74, 6) is 0.618. The molecule has 0 spiro atoms. The fourth-order valence-corrected chi connectivity index (χ4v) is 4.12. The summed E-state index contributed by atoms with van der Waals surface area (Å²) in [5.41, 5.74) is 1.05. The van der Waals surface area contributed by atoms with E-state index < -0.39 is 5.97 Å². The van der Waals surface area contributed by atoms with Crippen LogP contribution < -0.4 is 9.47 Å². The SMILES string of the molecule is CCCCCCCCCCOc1ccc(C(=O)Oc2ccc(C=NCCCCCCCC)c(O)c2)cc1. The van der Waals surface area contributed by atoms with Gasteiger partial charge in [-0.25, -0.2) is 4.79 Å². The number of nitrogens with zero attached hydrogens (tertiary/aromatic N) is 1. The van der Waals surface area contributed by atoms with Gasteiger partial charge in [0, 0.05) is 24.4 Å². The van der Waals surface area contributed by atoms with Gasteiger partial charge in [0.1, 0.15) is 17.2 Å². The highest BCUT2D eigenvalue weighted by Gasteiger charge is 2.10. The number of phenolic OH excluding ortho intramolecular Hbond substituents is 1. The number of esters is 1. The Labute approximate surface area is 224 Å². The molecule has 0 saturated heterocycles. The average Bonchev–Trinajstić information content (AvgIpc) is 2.90. The number of hydrogen-bond acceptors (Lipinski definition) is 5. The van der Waals surface area contributed by atoms with Crippen molar-refractivity contribution in [1.82, 2.24) is 0 Å². The zero-order chi connectivity index (χ0) is 26.6. The molecule has 0 aromatic heterocycles. The van der Waals surface area contributed by atoms with E-state index in [-0.39, 0.29) is 5.75 Å². The highest BCUT2D eigenvalue weighted by Crippen LogP contribution is 2.24. The molecule has 0 fully saturated rings. The van der Waals surface area contributed by atoms with Crippen molar-refractivity contribution >= 4 is 12.2 Å². The summed E-state index contributed by atoms with van der Waals surface area (Å²) < 4.78 is 11.2. The number of aromatic hydroxyl groups is 1. The van der Waals surface area contributed by atoms with Gasteiger partial charge in [0.25, 0.3) is 0 Å². The van der Waals surface area contributed by atoms with Gasteiger partial charge in [0.05, 0.1) is 12.2 Å². The van der Waals surface area contributed by atoms with Crippen molar-refractivity contribution in [2.45, 2.75) is 104 Å². The van der Waals surface area contributed by atoms with Crippen molar-refractivity contribution in [2.24, 2.45) is 4.99 Å². The Hall–Kier alpha value is -2.82. The second-order valence-electron chi connectivity index (χ2n) is 9.76. The number of phenols is 1. The van der Waals surface area contributed by atoms with E-state index in [0.717, 1.165) is 25.1 Å². The molecule has 0 atom stereocenters. The van der Waals surface area contributed by atoms with Gasteiger partial charge in [-0.15, -0.1) is 0 Å². The molecule has 0 heterocycles. The first-order chi connectivity index (χ1) is 18.1. The van der Waals surface area contributed by atoms with E-state index in [1.165, 1.54) is 83.1 Å². The molecule has 2 aromatic rings. The van der Waals surface area contributed by atoms with E-state index in [1.54, 1.807) is 42.6 Å². The Bertz CT molecular complexity index is 908. The third-order valence-corrected chi connectivity index (χ3v) is 6.44. The maximum atomic E-state index is 12.5. The zero-order valence-corrected chi connectivity index (χ0v) is 23.1. The van der Waals surface area contributed by atoms with E-state index in [1.807, 2.05) is 0 Å². The standard InChI is InChI=1S/C32H47NO4/c1-3-5-7-9-11-12-14-16-24-36-29-20-17-27(18-21-29)32(35)37-30-22-19-28(31(34)25-30)26-33-23-15-13-10-8-6-4-2/h17-22,25-26,34H,3-16,23-24H2,1-2H3. The van der Waals surface area contributed by atoms with E-state index in [0.29, 0.717) is 23.5 Å². The summed E-state index contributed by atoms with van der Waals surface area (Å²) in [4.78, 5) is 16.9. The maximum Gasteiger partial charge on any atom is 0.343 e. The van der Waals surface area contributed by atoms with Gasteiger partial charge in [-0.1, -0.05) is 90.9 Å². The summed E-state index contributed by atoms with van der Waals surface area (Å²) in [6.07, 6.45) is 19.1. The molecule has 5 heteroatoms. The van der Waals surface area contributed by atoms with Crippen molar-refractivity contribution < 1.29 is 19.4 Å². The van der Waals surface area contributed by atoms with Crippen LogP contribution in [0.2, 0.25) is 0 Å². The fourth-order valence-electron chi connectivity index (χ4n) is 4.12. The maximum absolute atomic E-state index is 12.5. The molecule has 0 amide bonds. The van der Waals surface area contributed by atoms with Crippen LogP contribution >= 0.6 is 0 Å². The molecule has 5 nitrogen and oxygen atoms in total. The van der Waals surface area contributed by atoms with Gasteiger partial charge in [0.15, 0.2) is 0 Å². The molecule has 37 heavy (non-hydrogen) atoms. The normalized spacial score (nSPS) is 11.2. The lowest BCUT2D eigenvalue weighted by atomic mass is 10.1. The van der Waals surface area contributed by atoms with E-state index in [9.17, 15) is 9.90 Å². The summed E-state index contributed by atoms with van der Waals surface area (Å²) >= 11 is 0. The first kappa shape index (κ1) is 30.4. The van der Waals surface area contributed by atoms with E-state index in [4.69, 9.17) is 9.47 Å². The molecule has 0 radical (unpaired) electrons. The van der Waals surface area contributed by atoms with Gasteiger partial charge >= 0.3 is 5.97 Å². The van der Waals surface area contributed by atoms with Crippen LogP contribution in [0.3, 0.4) is 0 Å². The molecule has 1 N–H and O–H groups in total. The molecule has 0 aliphatic heterocycles. The first-order valence-corrected chi connectivity index (χ1v) is 14.4. The number of benzene rings is 2. The molecule has 0 saturated carbocycles. The Morgan fingerprint density at radius 2 is 1.32 bits per heavy atom. The van der Waals surface area contributed by atoms with E-state index in [2.05, 4.69) is 18.8 Å². The summed E-state index contributed by atoms with van der Waals surface area (Å²) in [7, 11) is 0. The van der Waals surface area contributed by atoms with Crippen molar-refractivity contribution in [3.8, 4) is 17.2 Å². The molecular weight excluding hydrogens is 462 g/mol. The third kappa shape index (κ3) is 13.3. The molecule has 0 unspecified atom stereocenters. The fraction of sp³-hybridized carbons (Fsp3) is 0.562. The zero-order valence-electron chi connectivity index (χ0n) is 23.1. The third-order valence-electron chi connectivity index (χ3n) is 6.44. The van der Waals surface area contributed by atoms with Crippen LogP contribution in [0.4, 0.5) is 0 Å². The van der Waals surface area contributed by atoms with Gasteiger partial charge < -0.3 is 14.6 Å². The number of hydrogen-bond donors (Lipinski definition) is 1. The minimum atomic E-state index is -0.474. The van der Waals surface area contributed by atoms with Crippen LogP contribution in [0, 0.1) is 0 Å². The molecule has 2 aromatic carbocycles. The predicted octanol–water partition coefficient (Wildman–Crippen LogP) is 8.91. The average molecular weight is 510 g/mol. The largest absolute Gasteiger partial charge is 0.507 e. The monoisotopic (exact) mass is 509 g/mol. The summed E-state index contributed by atoms with van der Waals surface area (Å²) in [6, 6.07) is 11.8. The second-order valence-corrected chi connectivity index (χ2v) is 9.76. The highest BCUT2D eigenvalue weighted by atomic mass is 16.5. The Kier molecular flexibility index (Phi) is 15.9. The van der Waals surface area contributed by atoms with Crippen molar-refractivity contribution in [1.29, 1.82) is 0 Å². The second kappa shape index (κ2) is 19.3. The molecular formula is C32H47NO4. The number of unbranched alkanes of at least 4 members (excludes halogenated alkanes) is 12. The molecule has 0 aliphatic carbocycles. The number of rotatable bonds is 20. The number of ether oxygens (including phenoxy) is 2. The molecule has 204 valence electrons. The Balaban J connectivity index is 1.68. The van der Waals surface area contributed by atoms with Gasteiger partial charge in [-0.05, 0) is 49.2 Å². The van der Waals surface area contributed by atoms with Crippen molar-refractivity contribution in [3.05, 3.63) is 53.6 Å². The van der Waals surface area contributed by atoms with Gasteiger partial charge in [-0.2, -0.15) is 0 Å². The highest BCUT2D eigenvalue weighted by molar-refractivity contribution is 5.91. The molecule has 0 aliphatic rings. The molecule has 0 bridgehead atoms. The van der Waals surface area contributed by atoms with Crippen LogP contribution in [-0.4, -0.2) is 30.4 Å². The van der Waals surface area contributed by atoms with Crippen molar-refractivity contribution in [2.75, 3.05) is 13.2 Å². The van der Waals surface area contributed by atoms with Gasteiger partial charge in [0.2, 0.25) is 0 Å². The summed E-state index contributed by atoms with van der Waals surface area (Å²) in [6.45, 7) is 5.90. The van der Waals surface area contributed by atoms with Crippen molar-refractivity contribution in [3.63, 3.8) is 0 Å². The first-order valence-electron chi connectivity index (χ1n) is 14.4.